The summed E-state index contributed by atoms with van der Waals surface area (Å²) in [6, 6.07) is 1.87. The number of amides is 1. The Morgan fingerprint density at radius 1 is 1.48 bits per heavy atom. The summed E-state index contributed by atoms with van der Waals surface area (Å²) >= 11 is 3.42. The van der Waals surface area contributed by atoms with Gasteiger partial charge in [0.15, 0.2) is 5.58 Å². The van der Waals surface area contributed by atoms with Crippen LogP contribution in [0, 0.1) is 0 Å². The van der Waals surface area contributed by atoms with Crippen LogP contribution in [0.1, 0.15) is 12.7 Å². The molecule has 1 N–H and O–H groups in total. The van der Waals surface area contributed by atoms with Gasteiger partial charge in [0.25, 0.3) is 5.56 Å². The molecule has 0 unspecified atom stereocenters. The van der Waals surface area contributed by atoms with Crippen LogP contribution in [0.5, 0.6) is 0 Å². The zero-order valence-corrected chi connectivity index (χ0v) is 14.5. The molecule has 2 aromatic heterocycles. The van der Waals surface area contributed by atoms with E-state index in [1.54, 1.807) is 19.3 Å². The monoisotopic (exact) mass is 383 g/mol. The maximum Gasteiger partial charge on any atom is 0.407 e. The number of halogens is 1. The van der Waals surface area contributed by atoms with Gasteiger partial charge in [-0.25, -0.2) is 4.79 Å². The van der Waals surface area contributed by atoms with Gasteiger partial charge < -0.3 is 19.0 Å². The molecule has 0 radical (unpaired) electrons. The number of piperazine rings is 1. The molecule has 2 aromatic rings. The van der Waals surface area contributed by atoms with E-state index in [2.05, 4.69) is 20.8 Å². The number of hydrogen-bond donors (Lipinski definition) is 1. The molecule has 3 rings (SSSR count). The summed E-state index contributed by atoms with van der Waals surface area (Å²) in [6.45, 7) is 4.14. The molecule has 23 heavy (non-hydrogen) atoms. The average molecular weight is 384 g/mol. The Labute approximate surface area is 141 Å². The number of furan rings is 1. The molecule has 8 heteroatoms. The molecule has 1 fully saturated rings. The summed E-state index contributed by atoms with van der Waals surface area (Å²) in [7, 11) is 1.70. The molecule has 124 valence electrons. The van der Waals surface area contributed by atoms with Crippen LogP contribution in [0.2, 0.25) is 0 Å². The standard InChI is InChI=1S/C15H18BrN3O4/c1-9-6-19(15(21)22)4-3-18(9)7-10-5-11-13(23-10)12(16)8-17(2)14(11)20/h5,8-9H,3-4,6-7H2,1-2H3,(H,21,22)/t9-/m1/s1. The Balaban J connectivity index is 1.83. The molecular formula is C15H18BrN3O4. The Hall–Kier alpha value is -1.80. The van der Waals surface area contributed by atoms with Crippen molar-refractivity contribution in [3.05, 3.63) is 32.8 Å². The smallest absolute Gasteiger partial charge is 0.407 e. The molecule has 1 aliphatic rings. The second-order valence-corrected chi connectivity index (χ2v) is 6.75. The van der Waals surface area contributed by atoms with Gasteiger partial charge in [0, 0.05) is 38.9 Å². The van der Waals surface area contributed by atoms with Crippen molar-refractivity contribution < 1.29 is 14.3 Å². The normalized spacial score (nSPS) is 19.4. The summed E-state index contributed by atoms with van der Waals surface area (Å²) in [5.74, 6) is 0.708. The molecule has 1 atom stereocenters. The van der Waals surface area contributed by atoms with Crippen molar-refractivity contribution in [3.8, 4) is 0 Å². The first-order chi connectivity index (χ1) is 10.9. The average Bonchev–Trinajstić information content (AvgIpc) is 2.91. The van der Waals surface area contributed by atoms with Crippen LogP contribution in [0.3, 0.4) is 0 Å². The molecule has 0 bridgehead atoms. The van der Waals surface area contributed by atoms with Gasteiger partial charge in [-0.1, -0.05) is 0 Å². The molecule has 1 aliphatic heterocycles. The summed E-state index contributed by atoms with van der Waals surface area (Å²) in [5, 5.41) is 9.61. The Bertz CT molecular complexity index is 813. The van der Waals surface area contributed by atoms with E-state index in [4.69, 9.17) is 9.52 Å². The first-order valence-electron chi connectivity index (χ1n) is 7.36. The summed E-state index contributed by atoms with van der Waals surface area (Å²) < 4.78 is 8.08. The molecule has 7 nitrogen and oxygen atoms in total. The highest BCUT2D eigenvalue weighted by molar-refractivity contribution is 9.10. The molecule has 0 aromatic carbocycles. The second kappa shape index (κ2) is 6.01. The second-order valence-electron chi connectivity index (χ2n) is 5.90. The third-order valence-electron chi connectivity index (χ3n) is 4.25. The molecule has 0 saturated carbocycles. The van der Waals surface area contributed by atoms with Gasteiger partial charge in [-0.2, -0.15) is 0 Å². The van der Waals surface area contributed by atoms with E-state index in [1.807, 2.05) is 6.92 Å². The van der Waals surface area contributed by atoms with Crippen molar-refractivity contribution in [1.29, 1.82) is 0 Å². The van der Waals surface area contributed by atoms with Crippen molar-refractivity contribution in [1.82, 2.24) is 14.4 Å². The molecule has 1 amide bonds. The predicted molar refractivity (Wildman–Crippen MR) is 88.6 cm³/mol. The van der Waals surface area contributed by atoms with Gasteiger partial charge >= 0.3 is 6.09 Å². The topological polar surface area (TPSA) is 78.9 Å². The third kappa shape index (κ3) is 3.00. The third-order valence-corrected chi connectivity index (χ3v) is 4.82. The molecule has 0 aliphatic carbocycles. The molecule has 1 saturated heterocycles. The van der Waals surface area contributed by atoms with E-state index >= 15 is 0 Å². The van der Waals surface area contributed by atoms with Crippen LogP contribution in [-0.2, 0) is 13.6 Å². The van der Waals surface area contributed by atoms with Gasteiger partial charge in [-0.05, 0) is 28.9 Å². The predicted octanol–water partition coefficient (Wildman–Crippen LogP) is 2.08. The Kier molecular flexibility index (Phi) is 4.20. The fourth-order valence-electron chi connectivity index (χ4n) is 2.94. The van der Waals surface area contributed by atoms with E-state index < -0.39 is 6.09 Å². The number of pyridine rings is 1. The van der Waals surface area contributed by atoms with Crippen molar-refractivity contribution in [2.75, 3.05) is 19.6 Å². The minimum absolute atomic E-state index is 0.0954. The zero-order chi connectivity index (χ0) is 16.7. The number of carbonyl (C=O) groups is 1. The maximum absolute atomic E-state index is 12.2. The Morgan fingerprint density at radius 3 is 2.87 bits per heavy atom. The maximum atomic E-state index is 12.2. The van der Waals surface area contributed by atoms with E-state index in [0.29, 0.717) is 42.9 Å². The van der Waals surface area contributed by atoms with Gasteiger partial charge in [0.2, 0.25) is 0 Å². The van der Waals surface area contributed by atoms with E-state index in [1.165, 1.54) is 9.47 Å². The highest BCUT2D eigenvalue weighted by Crippen LogP contribution is 2.26. The summed E-state index contributed by atoms with van der Waals surface area (Å²) in [5.41, 5.74) is 0.460. The summed E-state index contributed by atoms with van der Waals surface area (Å²) in [4.78, 5) is 26.8. The van der Waals surface area contributed by atoms with Gasteiger partial charge in [-0.15, -0.1) is 0 Å². The van der Waals surface area contributed by atoms with Gasteiger partial charge in [0.05, 0.1) is 16.4 Å². The van der Waals surface area contributed by atoms with Crippen LogP contribution in [0.15, 0.2) is 25.9 Å². The van der Waals surface area contributed by atoms with Crippen LogP contribution >= 0.6 is 15.9 Å². The molecular weight excluding hydrogens is 366 g/mol. The first-order valence-corrected chi connectivity index (χ1v) is 8.15. The fraction of sp³-hybridized carbons (Fsp3) is 0.467. The van der Waals surface area contributed by atoms with E-state index in [-0.39, 0.29) is 11.6 Å². The van der Waals surface area contributed by atoms with Crippen LogP contribution in [0.4, 0.5) is 4.79 Å². The number of fused-ring (bicyclic) bond motifs is 1. The van der Waals surface area contributed by atoms with E-state index in [0.717, 1.165) is 4.47 Å². The number of aromatic nitrogens is 1. The number of aryl methyl sites for hydroxylation is 1. The Morgan fingerprint density at radius 2 is 2.22 bits per heavy atom. The number of hydrogen-bond acceptors (Lipinski definition) is 4. The lowest BCUT2D eigenvalue weighted by Crippen LogP contribution is -2.52. The zero-order valence-electron chi connectivity index (χ0n) is 13.0. The lowest BCUT2D eigenvalue weighted by atomic mass is 10.2. The highest BCUT2D eigenvalue weighted by Gasteiger charge is 2.27. The minimum atomic E-state index is -0.882. The lowest BCUT2D eigenvalue weighted by Gasteiger charge is -2.38. The van der Waals surface area contributed by atoms with Crippen LogP contribution in [0.25, 0.3) is 11.0 Å². The molecule has 3 heterocycles. The lowest BCUT2D eigenvalue weighted by molar-refractivity contribution is 0.0677. The van der Waals surface area contributed by atoms with Crippen molar-refractivity contribution in [3.63, 3.8) is 0 Å². The first kappa shape index (κ1) is 16.1. The highest BCUT2D eigenvalue weighted by atomic mass is 79.9. The number of carboxylic acid groups (broad SMARTS) is 1. The minimum Gasteiger partial charge on any atom is -0.465 e. The van der Waals surface area contributed by atoms with Crippen molar-refractivity contribution in [2.24, 2.45) is 7.05 Å². The van der Waals surface area contributed by atoms with Crippen LogP contribution < -0.4 is 5.56 Å². The number of nitrogens with zero attached hydrogens (tertiary/aromatic N) is 3. The number of rotatable bonds is 2. The van der Waals surface area contributed by atoms with Gasteiger partial charge in [0.1, 0.15) is 5.76 Å². The van der Waals surface area contributed by atoms with Crippen molar-refractivity contribution in [2.45, 2.75) is 19.5 Å². The van der Waals surface area contributed by atoms with Gasteiger partial charge in [-0.3, -0.25) is 9.69 Å². The largest absolute Gasteiger partial charge is 0.465 e. The quantitative estimate of drug-likeness (QED) is 0.858. The van der Waals surface area contributed by atoms with Crippen molar-refractivity contribution >= 4 is 33.0 Å². The van der Waals surface area contributed by atoms with Crippen LogP contribution in [-0.4, -0.2) is 51.2 Å². The SMILES string of the molecule is C[C@@H]1CN(C(=O)O)CCN1Cc1cc2c(=O)n(C)cc(Br)c2o1. The van der Waals surface area contributed by atoms with E-state index in [9.17, 15) is 9.59 Å². The molecule has 0 spiro atoms. The fourth-order valence-corrected chi connectivity index (χ4v) is 3.54. The summed E-state index contributed by atoms with van der Waals surface area (Å²) in [6.07, 6.45) is 0.805.